The van der Waals surface area contributed by atoms with Gasteiger partial charge in [0.1, 0.15) is 6.42 Å². The van der Waals surface area contributed by atoms with Gasteiger partial charge in [0.15, 0.2) is 11.5 Å². The van der Waals surface area contributed by atoms with Gasteiger partial charge in [0, 0.05) is 0 Å². The molecule has 0 saturated heterocycles. The van der Waals surface area contributed by atoms with E-state index in [1.165, 1.54) is 19.1 Å². The Morgan fingerprint density at radius 3 is 2.00 bits per heavy atom. The summed E-state index contributed by atoms with van der Waals surface area (Å²) in [5, 5.41) is -5.64. The number of hydrogen-bond acceptors (Lipinski definition) is 4. The highest BCUT2D eigenvalue weighted by Gasteiger charge is 2.82. The molecule has 0 N–H and O–H groups in total. The number of alkyl halides is 7. The predicted octanol–water partition coefficient (Wildman–Crippen LogP) is 4.21. The predicted molar refractivity (Wildman–Crippen MR) is 72.4 cm³/mol. The summed E-state index contributed by atoms with van der Waals surface area (Å²) < 4.78 is 96.1. The fourth-order valence-corrected chi connectivity index (χ4v) is 2.24. The molecule has 0 unspecified atom stereocenters. The van der Waals surface area contributed by atoms with Gasteiger partial charge in [-0.15, -0.1) is 0 Å². The topological polar surface area (TPSA) is 44.8 Å². The number of rotatable bonds is 6. The van der Waals surface area contributed by atoms with Gasteiger partial charge in [-0.25, -0.2) is 0 Å². The molecule has 1 heterocycles. The monoisotopic (exact) mass is 392 g/mol. The van der Waals surface area contributed by atoms with Crippen molar-refractivity contribution < 1.29 is 45.3 Å². The van der Waals surface area contributed by atoms with Crippen LogP contribution in [0.1, 0.15) is 13.3 Å². The van der Waals surface area contributed by atoms with Gasteiger partial charge in [-0.1, -0.05) is 12.1 Å². The van der Waals surface area contributed by atoms with E-state index in [0.29, 0.717) is 0 Å². The maximum atomic E-state index is 14.5. The Balaban J connectivity index is 2.52. The zero-order chi connectivity index (χ0) is 19.1. The van der Waals surface area contributed by atoms with Crippen LogP contribution in [0.3, 0.4) is 0 Å². The summed E-state index contributed by atoms with van der Waals surface area (Å²) in [6.45, 7) is 1.06. The van der Waals surface area contributed by atoms with Crippen molar-refractivity contribution in [3.63, 3.8) is 0 Å². The maximum absolute atomic E-state index is 14.5. The van der Waals surface area contributed by atoms with Gasteiger partial charge in [0.2, 0.25) is 0 Å². The van der Waals surface area contributed by atoms with Crippen LogP contribution in [0.4, 0.5) is 26.3 Å². The molecule has 0 fully saturated rings. The number of ether oxygens (including phenoxy) is 3. The van der Waals surface area contributed by atoms with E-state index < -0.39 is 46.9 Å². The molecule has 1 aliphatic rings. The van der Waals surface area contributed by atoms with Gasteiger partial charge in [-0.05, 0) is 30.7 Å². The molecule has 0 saturated carbocycles. The third kappa shape index (κ3) is 3.07. The van der Waals surface area contributed by atoms with Crippen LogP contribution in [-0.4, -0.2) is 35.6 Å². The summed E-state index contributed by atoms with van der Waals surface area (Å²) in [4.78, 5) is 11.6. The minimum Gasteiger partial charge on any atom is -0.466 e. The summed E-state index contributed by atoms with van der Waals surface area (Å²) in [5.41, 5.74) is 0. The molecule has 0 aliphatic carbocycles. The highest BCUT2D eigenvalue weighted by atomic mass is 35.5. The Morgan fingerprint density at radius 2 is 1.60 bits per heavy atom. The van der Waals surface area contributed by atoms with E-state index in [2.05, 4.69) is 16.3 Å². The van der Waals surface area contributed by atoms with Crippen molar-refractivity contribution in [3.8, 4) is 11.5 Å². The number of hydrogen-bond donors (Lipinski definition) is 0. The lowest BCUT2D eigenvalue weighted by molar-refractivity contribution is -0.362. The lowest BCUT2D eigenvalue weighted by Gasteiger charge is -2.39. The van der Waals surface area contributed by atoms with E-state index in [0.717, 1.165) is 12.1 Å². The molecule has 0 atom stereocenters. The third-order valence-corrected chi connectivity index (χ3v) is 3.55. The molecule has 1 aromatic rings. The normalized spacial score (nSPS) is 16.6. The van der Waals surface area contributed by atoms with Gasteiger partial charge in [-0.3, -0.25) is 4.79 Å². The van der Waals surface area contributed by atoms with Crippen LogP contribution in [0.25, 0.3) is 0 Å². The van der Waals surface area contributed by atoms with E-state index in [4.69, 9.17) is 9.47 Å². The van der Waals surface area contributed by atoms with Crippen molar-refractivity contribution in [2.45, 2.75) is 36.4 Å². The SMILES string of the molecule is CCOC(=O)CC1(C(F)(F)C(F)(F)C(F)(F)Cl)Oc2ccccc2O1. The Kier molecular flexibility index (Phi) is 4.79. The van der Waals surface area contributed by atoms with Crippen LogP contribution in [0.15, 0.2) is 24.3 Å². The van der Waals surface area contributed by atoms with Crippen molar-refractivity contribution in [3.05, 3.63) is 24.3 Å². The lowest BCUT2D eigenvalue weighted by atomic mass is 9.98. The molecule has 0 bridgehead atoms. The van der Waals surface area contributed by atoms with Crippen molar-refractivity contribution in [2.75, 3.05) is 6.61 Å². The van der Waals surface area contributed by atoms with E-state index in [1.54, 1.807) is 0 Å². The molecule has 25 heavy (non-hydrogen) atoms. The van der Waals surface area contributed by atoms with E-state index in [-0.39, 0.29) is 6.61 Å². The van der Waals surface area contributed by atoms with E-state index >= 15 is 0 Å². The fraction of sp³-hybridized carbons (Fsp3) is 0.500. The van der Waals surface area contributed by atoms with Crippen molar-refractivity contribution in [2.24, 2.45) is 0 Å². The Bertz CT molecular complexity index is 636. The second-order valence-corrected chi connectivity index (χ2v) is 5.51. The number of fused-ring (bicyclic) bond motifs is 1. The Morgan fingerprint density at radius 1 is 1.12 bits per heavy atom. The van der Waals surface area contributed by atoms with E-state index in [1.807, 2.05) is 0 Å². The minimum atomic E-state index is -6.10. The van der Waals surface area contributed by atoms with Crippen molar-refractivity contribution in [1.82, 2.24) is 0 Å². The molecule has 0 amide bonds. The summed E-state index contributed by atoms with van der Waals surface area (Å²) in [5.74, 6) is -17.8. The second kappa shape index (κ2) is 6.15. The summed E-state index contributed by atoms with van der Waals surface area (Å²) in [6, 6.07) is 4.76. The highest BCUT2D eigenvalue weighted by molar-refractivity contribution is 6.22. The number of carbonyl (C=O) groups is 1. The Labute approximate surface area is 142 Å². The smallest absolute Gasteiger partial charge is 0.394 e. The van der Waals surface area contributed by atoms with Crippen LogP contribution >= 0.6 is 11.6 Å². The fourth-order valence-electron chi connectivity index (χ4n) is 2.13. The first kappa shape index (κ1) is 19.5. The molecule has 2 rings (SSSR count). The summed E-state index contributed by atoms with van der Waals surface area (Å²) in [6.07, 6.45) is -1.58. The molecular weight excluding hydrogens is 382 g/mol. The third-order valence-electron chi connectivity index (χ3n) is 3.31. The molecular formula is C14H11ClF6O4. The first-order valence-corrected chi connectivity index (χ1v) is 7.21. The first-order valence-electron chi connectivity index (χ1n) is 6.83. The van der Waals surface area contributed by atoms with Gasteiger partial charge >= 0.3 is 29.0 Å². The highest BCUT2D eigenvalue weighted by Crippen LogP contribution is 2.57. The average molecular weight is 393 g/mol. The number of esters is 1. The molecule has 4 nitrogen and oxygen atoms in total. The van der Waals surface area contributed by atoms with Crippen LogP contribution in [0, 0.1) is 0 Å². The zero-order valence-corrected chi connectivity index (χ0v) is 13.3. The van der Waals surface area contributed by atoms with Gasteiger partial charge in [-0.2, -0.15) is 26.3 Å². The molecule has 0 spiro atoms. The van der Waals surface area contributed by atoms with Crippen LogP contribution in [0.2, 0.25) is 0 Å². The quantitative estimate of drug-likeness (QED) is 0.413. The second-order valence-electron chi connectivity index (χ2n) is 5.03. The van der Waals surface area contributed by atoms with Crippen LogP contribution in [0.5, 0.6) is 11.5 Å². The standard InChI is InChI=1S/C14H11ClF6O4/c1-2-23-10(22)7-11(12(16,17)13(18,19)14(15,20)21)24-8-5-3-4-6-9(8)25-11/h3-6H,2,7H2,1H3. The summed E-state index contributed by atoms with van der Waals surface area (Å²) in [7, 11) is 0. The molecule has 1 aromatic carbocycles. The largest absolute Gasteiger partial charge is 0.466 e. The lowest BCUT2D eigenvalue weighted by Crippen LogP contribution is -2.68. The zero-order valence-electron chi connectivity index (χ0n) is 12.5. The van der Waals surface area contributed by atoms with Crippen molar-refractivity contribution in [1.29, 1.82) is 0 Å². The number of benzene rings is 1. The average Bonchev–Trinajstić information content (AvgIpc) is 2.85. The van der Waals surface area contributed by atoms with Gasteiger partial charge < -0.3 is 14.2 Å². The number of halogens is 7. The Hall–Kier alpha value is -1.84. The number of para-hydroxylation sites is 2. The van der Waals surface area contributed by atoms with Crippen LogP contribution in [-0.2, 0) is 9.53 Å². The minimum absolute atomic E-state index is 0.268. The van der Waals surface area contributed by atoms with Gasteiger partial charge in [0.25, 0.3) is 0 Å². The molecule has 140 valence electrons. The van der Waals surface area contributed by atoms with Gasteiger partial charge in [0.05, 0.1) is 6.61 Å². The molecule has 0 aromatic heterocycles. The first-order chi connectivity index (χ1) is 11.4. The van der Waals surface area contributed by atoms with E-state index in [9.17, 15) is 31.1 Å². The van der Waals surface area contributed by atoms with Crippen molar-refractivity contribution >= 4 is 17.6 Å². The van der Waals surface area contributed by atoms with Crippen LogP contribution < -0.4 is 9.47 Å². The number of carbonyl (C=O) groups excluding carboxylic acids is 1. The molecule has 11 heteroatoms. The molecule has 1 aliphatic heterocycles. The maximum Gasteiger partial charge on any atom is 0.394 e. The molecule has 0 radical (unpaired) electrons. The summed E-state index contributed by atoms with van der Waals surface area (Å²) >= 11 is 4.17.